The first kappa shape index (κ1) is 23.2. The summed E-state index contributed by atoms with van der Waals surface area (Å²) in [6, 6.07) is 26.5. The van der Waals surface area contributed by atoms with E-state index in [4.69, 9.17) is 0 Å². The molecule has 4 aromatic carbocycles. The summed E-state index contributed by atoms with van der Waals surface area (Å²) in [5, 5.41) is 13.2. The maximum Gasteiger partial charge on any atom is 0.261 e. The zero-order valence-corrected chi connectivity index (χ0v) is 20.1. The van der Waals surface area contributed by atoms with Crippen LogP contribution in [0.15, 0.2) is 91.0 Å². The van der Waals surface area contributed by atoms with Crippen molar-refractivity contribution in [1.82, 2.24) is 14.9 Å². The van der Waals surface area contributed by atoms with E-state index in [2.05, 4.69) is 15.3 Å². The van der Waals surface area contributed by atoms with Gasteiger partial charge in [-0.05, 0) is 48.4 Å². The van der Waals surface area contributed by atoms with Crippen LogP contribution in [0.4, 0.5) is 5.69 Å². The van der Waals surface area contributed by atoms with Gasteiger partial charge in [-0.15, -0.1) is 0 Å². The fourth-order valence-corrected chi connectivity index (χ4v) is 4.63. The van der Waals surface area contributed by atoms with Crippen molar-refractivity contribution in [2.24, 2.45) is 0 Å². The van der Waals surface area contributed by atoms with Gasteiger partial charge in [-0.1, -0.05) is 54.6 Å². The summed E-state index contributed by atoms with van der Waals surface area (Å²) in [5.41, 5.74) is 4.31. The number of imidazole rings is 1. The zero-order valence-electron chi connectivity index (χ0n) is 20.1. The van der Waals surface area contributed by atoms with Crippen LogP contribution < -0.4 is 5.32 Å². The second-order valence-electron chi connectivity index (χ2n) is 9.02. The van der Waals surface area contributed by atoms with Gasteiger partial charge in [0.2, 0.25) is 0 Å². The molecular weight excluding hydrogens is 480 g/mol. The van der Waals surface area contributed by atoms with E-state index in [9.17, 15) is 19.5 Å². The molecular formula is C30H22N4O4. The number of carbonyl (C=O) groups excluding carboxylic acids is 3. The van der Waals surface area contributed by atoms with Gasteiger partial charge in [-0.25, -0.2) is 4.98 Å². The minimum Gasteiger partial charge on any atom is -0.506 e. The third kappa shape index (κ3) is 4.08. The largest absolute Gasteiger partial charge is 0.506 e. The maximum absolute atomic E-state index is 13.1. The highest BCUT2D eigenvalue weighted by Crippen LogP contribution is 2.30. The summed E-state index contributed by atoms with van der Waals surface area (Å²) in [6.07, 6.45) is 0.494. The number of nitrogens with zero attached hydrogens (tertiary/aromatic N) is 2. The van der Waals surface area contributed by atoms with Gasteiger partial charge in [-0.2, -0.15) is 0 Å². The predicted octanol–water partition coefficient (Wildman–Crippen LogP) is 5.03. The van der Waals surface area contributed by atoms with E-state index in [1.165, 1.54) is 11.0 Å². The SMILES string of the molecule is O=C(Nc1ccc(CCN2C(=O)c3ccccc3C2=O)cc1)c1ccc(O)c2[nH]c(-c3ccccc3)nc12. The molecule has 6 rings (SSSR count). The number of benzene rings is 4. The lowest BCUT2D eigenvalue weighted by atomic mass is 10.1. The summed E-state index contributed by atoms with van der Waals surface area (Å²) in [7, 11) is 0. The van der Waals surface area contributed by atoms with Crippen molar-refractivity contribution >= 4 is 34.4 Å². The average Bonchev–Trinajstić information content (AvgIpc) is 3.50. The van der Waals surface area contributed by atoms with Gasteiger partial charge in [-0.3, -0.25) is 19.3 Å². The second kappa shape index (κ2) is 9.33. The van der Waals surface area contributed by atoms with Crippen molar-refractivity contribution in [2.45, 2.75) is 6.42 Å². The minimum atomic E-state index is -0.361. The Labute approximate surface area is 217 Å². The Balaban J connectivity index is 1.15. The van der Waals surface area contributed by atoms with E-state index in [0.717, 1.165) is 11.1 Å². The number of amides is 3. The van der Waals surface area contributed by atoms with Gasteiger partial charge in [0.25, 0.3) is 17.7 Å². The van der Waals surface area contributed by atoms with Crippen molar-refractivity contribution in [3.05, 3.63) is 113 Å². The number of phenolic OH excluding ortho intramolecular Hbond substituents is 1. The number of aromatic amines is 1. The molecule has 1 aliphatic rings. The van der Waals surface area contributed by atoms with Crippen LogP contribution in [0.2, 0.25) is 0 Å². The first-order chi connectivity index (χ1) is 18.5. The quantitative estimate of drug-likeness (QED) is 0.282. The van der Waals surface area contributed by atoms with Crippen molar-refractivity contribution < 1.29 is 19.5 Å². The van der Waals surface area contributed by atoms with Crippen LogP contribution in [0.5, 0.6) is 5.75 Å². The van der Waals surface area contributed by atoms with E-state index in [-0.39, 0.29) is 30.0 Å². The number of imide groups is 1. The number of nitrogens with one attached hydrogen (secondary N) is 2. The van der Waals surface area contributed by atoms with Crippen LogP contribution >= 0.6 is 0 Å². The lowest BCUT2D eigenvalue weighted by Gasteiger charge is -2.14. The summed E-state index contributed by atoms with van der Waals surface area (Å²) in [4.78, 5) is 47.2. The molecule has 0 aliphatic carbocycles. The molecule has 0 unspecified atom stereocenters. The van der Waals surface area contributed by atoms with Gasteiger partial charge < -0.3 is 15.4 Å². The van der Waals surface area contributed by atoms with Gasteiger partial charge in [0, 0.05) is 17.8 Å². The molecule has 3 N–H and O–H groups in total. The van der Waals surface area contributed by atoms with Crippen LogP contribution in [-0.4, -0.2) is 44.2 Å². The molecule has 3 amide bonds. The van der Waals surface area contributed by atoms with Gasteiger partial charge in [0.1, 0.15) is 22.6 Å². The number of fused-ring (bicyclic) bond motifs is 2. The Morgan fingerprint density at radius 1 is 0.842 bits per heavy atom. The molecule has 0 atom stereocenters. The highest BCUT2D eigenvalue weighted by molar-refractivity contribution is 6.21. The van der Waals surface area contributed by atoms with E-state index in [0.29, 0.717) is 45.7 Å². The summed E-state index contributed by atoms with van der Waals surface area (Å²) in [6.45, 7) is 0.270. The number of phenols is 1. The molecule has 0 saturated carbocycles. The van der Waals surface area contributed by atoms with Crippen molar-refractivity contribution in [3.63, 3.8) is 0 Å². The number of aromatic nitrogens is 2. The normalized spacial score (nSPS) is 12.7. The summed E-state index contributed by atoms with van der Waals surface area (Å²) < 4.78 is 0. The number of hydrogen-bond donors (Lipinski definition) is 3. The maximum atomic E-state index is 13.1. The smallest absolute Gasteiger partial charge is 0.261 e. The molecule has 8 nitrogen and oxygen atoms in total. The number of H-pyrrole nitrogens is 1. The molecule has 186 valence electrons. The van der Waals surface area contributed by atoms with Crippen LogP contribution in [0.3, 0.4) is 0 Å². The first-order valence-corrected chi connectivity index (χ1v) is 12.1. The lowest BCUT2D eigenvalue weighted by Crippen LogP contribution is -2.31. The molecule has 8 heteroatoms. The predicted molar refractivity (Wildman–Crippen MR) is 143 cm³/mol. The van der Waals surface area contributed by atoms with E-state index >= 15 is 0 Å². The Kier molecular flexibility index (Phi) is 5.69. The zero-order chi connectivity index (χ0) is 26.2. The molecule has 38 heavy (non-hydrogen) atoms. The van der Waals surface area contributed by atoms with Crippen LogP contribution in [-0.2, 0) is 6.42 Å². The van der Waals surface area contributed by atoms with E-state index < -0.39 is 0 Å². The number of hydrogen-bond acceptors (Lipinski definition) is 5. The third-order valence-electron chi connectivity index (χ3n) is 6.63. The Morgan fingerprint density at radius 2 is 1.50 bits per heavy atom. The number of carbonyl (C=O) groups is 3. The van der Waals surface area contributed by atoms with Crippen molar-refractivity contribution in [2.75, 3.05) is 11.9 Å². The standard InChI is InChI=1S/C30H22N4O4/c35-24-15-14-23(25-26(24)33-27(32-25)19-6-2-1-3-7-19)28(36)31-20-12-10-18(11-13-20)16-17-34-29(37)21-8-4-5-9-22(21)30(34)38/h1-15,35H,16-17H2,(H,31,36)(H,32,33). The molecule has 5 aromatic rings. The second-order valence-corrected chi connectivity index (χ2v) is 9.02. The number of rotatable bonds is 6. The van der Waals surface area contributed by atoms with Gasteiger partial charge in [0.05, 0.1) is 16.7 Å². The molecule has 0 fully saturated rings. The summed E-state index contributed by atoms with van der Waals surface area (Å²) >= 11 is 0. The molecule has 0 saturated heterocycles. The molecule has 2 heterocycles. The molecule has 0 radical (unpaired) electrons. The van der Waals surface area contributed by atoms with Crippen LogP contribution in [0.25, 0.3) is 22.4 Å². The fourth-order valence-electron chi connectivity index (χ4n) is 4.63. The number of aromatic hydroxyl groups is 1. The first-order valence-electron chi connectivity index (χ1n) is 12.1. The highest BCUT2D eigenvalue weighted by atomic mass is 16.3. The van der Waals surface area contributed by atoms with Gasteiger partial charge >= 0.3 is 0 Å². The lowest BCUT2D eigenvalue weighted by molar-refractivity contribution is 0.0655. The molecule has 0 spiro atoms. The van der Waals surface area contributed by atoms with Gasteiger partial charge in [0.15, 0.2) is 0 Å². The van der Waals surface area contributed by atoms with Crippen LogP contribution in [0.1, 0.15) is 36.6 Å². The molecule has 0 bridgehead atoms. The Bertz CT molecular complexity index is 1670. The topological polar surface area (TPSA) is 115 Å². The Hall–Kier alpha value is -5.24. The minimum absolute atomic E-state index is 0.00801. The number of anilines is 1. The third-order valence-corrected chi connectivity index (χ3v) is 6.63. The van der Waals surface area contributed by atoms with Crippen molar-refractivity contribution in [1.29, 1.82) is 0 Å². The van der Waals surface area contributed by atoms with Crippen molar-refractivity contribution in [3.8, 4) is 17.1 Å². The van der Waals surface area contributed by atoms with E-state index in [1.807, 2.05) is 42.5 Å². The summed E-state index contributed by atoms with van der Waals surface area (Å²) in [5.74, 6) is -0.348. The monoisotopic (exact) mass is 502 g/mol. The average molecular weight is 503 g/mol. The fraction of sp³-hybridized carbons (Fsp3) is 0.0667. The highest BCUT2D eigenvalue weighted by Gasteiger charge is 2.34. The molecule has 1 aromatic heterocycles. The molecule has 1 aliphatic heterocycles. The van der Waals surface area contributed by atoms with E-state index in [1.54, 1.807) is 42.5 Å². The van der Waals surface area contributed by atoms with Crippen LogP contribution in [0, 0.1) is 0 Å². The Morgan fingerprint density at radius 3 is 2.18 bits per heavy atom.